The van der Waals surface area contributed by atoms with E-state index in [0.717, 1.165) is 16.9 Å². The first-order chi connectivity index (χ1) is 9.15. The van der Waals surface area contributed by atoms with Crippen LogP contribution in [-0.2, 0) is 0 Å². The fourth-order valence-electron chi connectivity index (χ4n) is 1.91. The first-order valence-electron chi connectivity index (χ1n) is 5.95. The second-order valence-corrected chi connectivity index (χ2v) is 4.66. The Morgan fingerprint density at radius 1 is 1.26 bits per heavy atom. The van der Waals surface area contributed by atoms with Gasteiger partial charge >= 0.3 is 0 Å². The molecule has 0 aliphatic rings. The number of hydrogen-bond donors (Lipinski definition) is 1. The molecule has 2 aromatic rings. The zero-order valence-corrected chi connectivity index (χ0v) is 11.9. The number of ether oxygens (including phenoxy) is 1. The van der Waals surface area contributed by atoms with Crippen molar-refractivity contribution < 1.29 is 4.74 Å². The van der Waals surface area contributed by atoms with E-state index in [9.17, 15) is 0 Å². The third-order valence-corrected chi connectivity index (χ3v) is 3.09. The molecule has 100 valence electrons. The third kappa shape index (κ3) is 3.03. The van der Waals surface area contributed by atoms with Gasteiger partial charge in [0.05, 0.1) is 13.2 Å². The van der Waals surface area contributed by atoms with Crippen LogP contribution in [0.3, 0.4) is 0 Å². The van der Waals surface area contributed by atoms with Gasteiger partial charge < -0.3 is 10.1 Å². The first kappa shape index (κ1) is 13.8. The number of nitrogens with one attached hydrogen (secondary N) is 1. The number of hydrogen-bond acceptors (Lipinski definition) is 4. The monoisotopic (exact) mass is 277 g/mol. The van der Waals surface area contributed by atoms with E-state index in [1.165, 1.54) is 0 Å². The Morgan fingerprint density at radius 2 is 1.95 bits per heavy atom. The summed E-state index contributed by atoms with van der Waals surface area (Å²) in [7, 11) is 3.49. The van der Waals surface area contributed by atoms with Gasteiger partial charge in [0.25, 0.3) is 0 Å². The maximum Gasteiger partial charge on any atom is 0.149 e. The van der Waals surface area contributed by atoms with Gasteiger partial charge in [-0.3, -0.25) is 0 Å². The summed E-state index contributed by atoms with van der Waals surface area (Å²) in [5.41, 5.74) is 1.94. The van der Waals surface area contributed by atoms with Crippen LogP contribution in [0.2, 0.25) is 5.02 Å². The molecular weight excluding hydrogens is 262 g/mol. The number of rotatable bonds is 4. The molecule has 0 amide bonds. The molecule has 0 saturated heterocycles. The Labute approximate surface area is 117 Å². The Morgan fingerprint density at radius 3 is 2.53 bits per heavy atom. The van der Waals surface area contributed by atoms with Crippen molar-refractivity contribution in [2.45, 2.75) is 13.0 Å². The van der Waals surface area contributed by atoms with Crippen molar-refractivity contribution >= 4 is 11.6 Å². The van der Waals surface area contributed by atoms with E-state index in [-0.39, 0.29) is 6.04 Å². The van der Waals surface area contributed by atoms with Crippen molar-refractivity contribution in [3.8, 4) is 5.75 Å². The van der Waals surface area contributed by atoms with Crippen LogP contribution in [0, 0.1) is 6.92 Å². The molecule has 1 aromatic carbocycles. The number of nitrogens with zero attached hydrogens (tertiary/aromatic N) is 2. The topological polar surface area (TPSA) is 47.0 Å². The van der Waals surface area contributed by atoms with Gasteiger partial charge in [0, 0.05) is 23.0 Å². The van der Waals surface area contributed by atoms with E-state index < -0.39 is 0 Å². The summed E-state index contributed by atoms with van der Waals surface area (Å²) >= 11 is 6.06. The minimum atomic E-state index is -0.158. The molecule has 2 rings (SSSR count). The highest BCUT2D eigenvalue weighted by atomic mass is 35.5. The highest BCUT2D eigenvalue weighted by Gasteiger charge is 2.19. The van der Waals surface area contributed by atoms with Crippen LogP contribution in [0.25, 0.3) is 0 Å². The van der Waals surface area contributed by atoms with Crippen LogP contribution in [0.15, 0.2) is 30.6 Å². The van der Waals surface area contributed by atoms with Crippen LogP contribution in [0.4, 0.5) is 0 Å². The van der Waals surface area contributed by atoms with Gasteiger partial charge in [-0.15, -0.1) is 0 Å². The van der Waals surface area contributed by atoms with Crippen molar-refractivity contribution in [3.63, 3.8) is 0 Å². The molecule has 0 aliphatic carbocycles. The van der Waals surface area contributed by atoms with Gasteiger partial charge in [0.15, 0.2) is 0 Å². The lowest BCUT2D eigenvalue weighted by molar-refractivity contribution is 0.404. The average Bonchev–Trinajstić information content (AvgIpc) is 2.42. The zero-order chi connectivity index (χ0) is 13.8. The molecule has 1 aromatic heterocycles. The van der Waals surface area contributed by atoms with Crippen LogP contribution in [0.5, 0.6) is 5.75 Å². The fraction of sp³-hybridized carbons (Fsp3) is 0.286. The Bertz CT molecular complexity index is 557. The largest absolute Gasteiger partial charge is 0.496 e. The van der Waals surface area contributed by atoms with Gasteiger partial charge in [0.1, 0.15) is 11.6 Å². The van der Waals surface area contributed by atoms with E-state index >= 15 is 0 Å². The fourth-order valence-corrected chi connectivity index (χ4v) is 2.09. The first-order valence-corrected chi connectivity index (χ1v) is 6.32. The van der Waals surface area contributed by atoms with Crippen LogP contribution >= 0.6 is 11.6 Å². The average molecular weight is 278 g/mol. The van der Waals surface area contributed by atoms with E-state index in [0.29, 0.717) is 10.8 Å². The van der Waals surface area contributed by atoms with Crippen molar-refractivity contribution in [2.24, 2.45) is 0 Å². The number of methoxy groups -OCH3 is 1. The molecule has 0 bridgehead atoms. The summed E-state index contributed by atoms with van der Waals surface area (Å²) in [6.45, 7) is 1.96. The predicted molar refractivity (Wildman–Crippen MR) is 75.7 cm³/mol. The molecule has 0 fully saturated rings. The molecule has 4 nitrogen and oxygen atoms in total. The van der Waals surface area contributed by atoms with E-state index in [4.69, 9.17) is 16.3 Å². The molecule has 1 unspecified atom stereocenters. The molecule has 5 heteroatoms. The van der Waals surface area contributed by atoms with Gasteiger partial charge in [-0.05, 0) is 37.7 Å². The quantitative estimate of drug-likeness (QED) is 0.933. The minimum absolute atomic E-state index is 0.158. The molecule has 19 heavy (non-hydrogen) atoms. The molecule has 0 aliphatic heterocycles. The third-order valence-electron chi connectivity index (χ3n) is 2.85. The number of benzene rings is 1. The highest BCUT2D eigenvalue weighted by molar-refractivity contribution is 6.30. The van der Waals surface area contributed by atoms with Crippen LogP contribution in [-0.4, -0.2) is 24.1 Å². The van der Waals surface area contributed by atoms with E-state index in [1.807, 2.05) is 26.1 Å². The Kier molecular flexibility index (Phi) is 4.35. The summed E-state index contributed by atoms with van der Waals surface area (Å²) in [6, 6.07) is 5.35. The highest BCUT2D eigenvalue weighted by Crippen LogP contribution is 2.30. The van der Waals surface area contributed by atoms with Crippen LogP contribution in [0.1, 0.15) is 23.0 Å². The van der Waals surface area contributed by atoms with Gasteiger partial charge in [0.2, 0.25) is 0 Å². The summed E-state index contributed by atoms with van der Waals surface area (Å²) in [5.74, 6) is 1.45. The number of halogens is 1. The van der Waals surface area contributed by atoms with Gasteiger partial charge in [-0.25, -0.2) is 9.97 Å². The summed E-state index contributed by atoms with van der Waals surface area (Å²) in [4.78, 5) is 8.72. The van der Waals surface area contributed by atoms with Crippen molar-refractivity contribution in [2.75, 3.05) is 14.2 Å². The second kappa shape index (κ2) is 5.99. The van der Waals surface area contributed by atoms with Gasteiger partial charge in [-0.1, -0.05) is 11.6 Å². The lowest BCUT2D eigenvalue weighted by atomic mass is 10.0. The van der Waals surface area contributed by atoms with Crippen molar-refractivity contribution in [1.29, 1.82) is 0 Å². The smallest absolute Gasteiger partial charge is 0.149 e. The second-order valence-electron chi connectivity index (χ2n) is 4.23. The molecular formula is C14H16ClN3O. The summed E-state index contributed by atoms with van der Waals surface area (Å²) in [5, 5.41) is 3.85. The summed E-state index contributed by atoms with van der Waals surface area (Å²) < 4.78 is 5.37. The molecule has 0 saturated carbocycles. The van der Waals surface area contributed by atoms with Crippen molar-refractivity contribution in [3.05, 3.63) is 52.6 Å². The molecule has 1 N–H and O–H groups in total. The lowest BCUT2D eigenvalue weighted by Gasteiger charge is -2.18. The number of aromatic nitrogens is 2. The normalized spacial score (nSPS) is 12.2. The van der Waals surface area contributed by atoms with Crippen molar-refractivity contribution in [1.82, 2.24) is 15.3 Å². The predicted octanol–water partition coefficient (Wildman–Crippen LogP) is 2.76. The Balaban J connectivity index is 2.47. The maximum absolute atomic E-state index is 6.06. The Hall–Kier alpha value is -1.65. The zero-order valence-electron chi connectivity index (χ0n) is 11.1. The van der Waals surface area contributed by atoms with Crippen LogP contribution < -0.4 is 10.1 Å². The molecule has 0 radical (unpaired) electrons. The summed E-state index contributed by atoms with van der Waals surface area (Å²) in [6.07, 6.45) is 3.59. The van der Waals surface area contributed by atoms with Gasteiger partial charge in [-0.2, -0.15) is 0 Å². The molecule has 1 heterocycles. The van der Waals surface area contributed by atoms with E-state index in [2.05, 4.69) is 15.3 Å². The SMILES string of the molecule is CNC(c1ncc(C)cn1)c1cc(Cl)ccc1OC. The standard InChI is InChI=1S/C14H16ClN3O/c1-9-7-17-14(18-8-9)13(16-2)11-6-10(15)4-5-12(11)19-3/h4-8,13,16H,1-3H3. The maximum atomic E-state index is 6.06. The molecule has 1 atom stereocenters. The molecule has 0 spiro atoms. The lowest BCUT2D eigenvalue weighted by Crippen LogP contribution is -2.21. The number of aryl methyl sites for hydroxylation is 1. The van der Waals surface area contributed by atoms with E-state index in [1.54, 1.807) is 25.6 Å². The minimum Gasteiger partial charge on any atom is -0.496 e.